The molecule has 6 nitrogen and oxygen atoms in total. The van der Waals surface area contributed by atoms with E-state index in [0.717, 1.165) is 12.5 Å². The maximum absolute atomic E-state index is 13.6. The van der Waals surface area contributed by atoms with Gasteiger partial charge in [0.05, 0.1) is 17.0 Å². The number of halogens is 1. The lowest BCUT2D eigenvalue weighted by molar-refractivity contribution is -0.141. The fourth-order valence-corrected chi connectivity index (χ4v) is 4.15. The number of aliphatic carboxylic acids is 1. The number of rotatable bonds is 6. The maximum atomic E-state index is 13.6. The van der Waals surface area contributed by atoms with Crippen LogP contribution in [-0.4, -0.2) is 37.3 Å². The molecule has 3 rings (SSSR count). The quantitative estimate of drug-likeness (QED) is 0.340. The molecule has 0 fully saturated rings. The number of carboxylic acid groups (broad SMARTS) is 1. The number of carboxylic acids is 1. The molecule has 0 aliphatic carbocycles. The smallest absolute Gasteiger partial charge is 0.477 e. The molecule has 3 aromatic rings. The van der Waals surface area contributed by atoms with Crippen molar-refractivity contribution in [3.8, 4) is 34.2 Å². The molecule has 0 aliphatic heterocycles. The molecule has 174 valence electrons. The van der Waals surface area contributed by atoms with Gasteiger partial charge in [-0.15, -0.1) is 0 Å². The highest BCUT2D eigenvalue weighted by Crippen LogP contribution is 2.39. The molecule has 0 saturated carbocycles. The van der Waals surface area contributed by atoms with Crippen molar-refractivity contribution >= 4 is 14.0 Å². The molecular weight excluding hydrogens is 456 g/mol. The predicted octanol–water partition coefficient (Wildman–Crippen LogP) is 4.97. The van der Waals surface area contributed by atoms with Crippen LogP contribution in [0.25, 0.3) is 22.4 Å². The van der Waals surface area contributed by atoms with E-state index in [1.807, 2.05) is 44.2 Å². The topological polar surface area (TPSA) is 108 Å². The molecule has 0 radical (unpaired) electrons. The summed E-state index contributed by atoms with van der Waals surface area (Å²) in [6.07, 6.45) is -1.72. The number of pyridine rings is 1. The summed E-state index contributed by atoms with van der Waals surface area (Å²) >= 11 is 0. The first-order chi connectivity index (χ1) is 16.1. The van der Waals surface area contributed by atoms with E-state index in [1.165, 1.54) is 12.1 Å². The monoisotopic (exact) mass is 480 g/mol. The summed E-state index contributed by atoms with van der Waals surface area (Å²) in [6.45, 7) is 4.89. The van der Waals surface area contributed by atoms with Gasteiger partial charge in [-0.3, -0.25) is 4.98 Å². The largest absolute Gasteiger partial charge is 0.540 e. The van der Waals surface area contributed by atoms with Crippen molar-refractivity contribution in [1.82, 2.24) is 4.98 Å². The van der Waals surface area contributed by atoms with Crippen LogP contribution >= 0.6 is 8.03 Å². The fourth-order valence-electron chi connectivity index (χ4n) is 3.51. The Hall–Kier alpha value is -3.43. The van der Waals surface area contributed by atoms with E-state index in [4.69, 9.17) is 4.98 Å². The number of benzene rings is 2. The Labute approximate surface area is 198 Å². The van der Waals surface area contributed by atoms with E-state index >= 15 is 0 Å². The third kappa shape index (κ3) is 4.90. The number of aromatic nitrogens is 1. The second-order valence-electron chi connectivity index (χ2n) is 8.11. The molecule has 1 heterocycles. The summed E-state index contributed by atoms with van der Waals surface area (Å²) in [5.41, 5.74) is 3.52. The summed E-state index contributed by atoms with van der Waals surface area (Å²) in [4.78, 5) is 26.5. The Morgan fingerprint density at radius 1 is 1.06 bits per heavy atom. The first kappa shape index (κ1) is 25.2. The Bertz CT molecular complexity index is 1260. The van der Waals surface area contributed by atoms with Gasteiger partial charge in [-0.25, -0.2) is 9.18 Å². The van der Waals surface area contributed by atoms with Gasteiger partial charge in [0, 0.05) is 11.1 Å². The fraction of sp³-hybridized carbons (Fsp3) is 0.231. The molecule has 0 aliphatic rings. The van der Waals surface area contributed by atoms with Gasteiger partial charge < -0.3 is 10.2 Å². The molecule has 3 N–H and O–H groups in total. The second-order valence-corrected chi connectivity index (χ2v) is 9.36. The minimum Gasteiger partial charge on any atom is -0.477 e. The van der Waals surface area contributed by atoms with Crippen LogP contribution in [0.3, 0.4) is 0 Å². The number of carbonyl (C=O) groups is 1. The average Bonchev–Trinajstić information content (AvgIpc) is 2.79. The Morgan fingerprint density at radius 3 is 2.18 bits per heavy atom. The summed E-state index contributed by atoms with van der Waals surface area (Å²) in [5.74, 6) is 2.84. The third-order valence-electron chi connectivity index (χ3n) is 5.43. The van der Waals surface area contributed by atoms with Crippen molar-refractivity contribution in [3.05, 3.63) is 77.7 Å². The van der Waals surface area contributed by atoms with Gasteiger partial charge in [0.1, 0.15) is 11.9 Å². The van der Waals surface area contributed by atoms with E-state index in [-0.39, 0.29) is 5.92 Å². The van der Waals surface area contributed by atoms with Crippen LogP contribution in [0.15, 0.2) is 60.7 Å². The number of nitrogens with zero attached hydrogens (tertiary/aromatic N) is 1. The molecule has 1 aromatic heterocycles. The van der Waals surface area contributed by atoms with Crippen LogP contribution in [-0.2, 0) is 9.36 Å². The lowest BCUT2D eigenvalue weighted by Crippen LogP contribution is -2.43. The SMILES string of the molecule is CC(C)c1nc(-c2ccccc2)cc(-c2ccc(F)cc2)c1C#CC(C(=O)O)(C(C)O)[P+](=O)O. The molecule has 3 unspecified atom stereocenters. The van der Waals surface area contributed by atoms with Gasteiger partial charge in [0.25, 0.3) is 0 Å². The summed E-state index contributed by atoms with van der Waals surface area (Å²) in [5, 5.41) is 17.2. The molecular formula is C26H24FNO5P+. The van der Waals surface area contributed by atoms with Crippen LogP contribution in [0.5, 0.6) is 0 Å². The Balaban J connectivity index is 2.38. The van der Waals surface area contributed by atoms with Crippen LogP contribution in [0.4, 0.5) is 4.39 Å². The zero-order valence-corrected chi connectivity index (χ0v) is 19.8. The lowest BCUT2D eigenvalue weighted by atomic mass is 9.92. The van der Waals surface area contributed by atoms with Crippen molar-refractivity contribution in [2.24, 2.45) is 0 Å². The van der Waals surface area contributed by atoms with Gasteiger partial charge in [-0.05, 0) is 47.1 Å². The standard InChI is InChI=1S/C26H23FNO5P/c1-16(2)24-21(13-14-26(17(3)29,25(30)31)34(32)33)22(18-9-11-20(27)12-10-18)15-23(28-24)19-7-5-4-6-8-19/h4-12,15-17,29H,1-3H3,(H-,30,31,32,33)/p+1. The third-order valence-corrected chi connectivity index (χ3v) is 6.71. The molecule has 0 bridgehead atoms. The van der Waals surface area contributed by atoms with Crippen molar-refractivity contribution in [2.45, 2.75) is 37.9 Å². The normalized spacial score (nSPS) is 14.0. The van der Waals surface area contributed by atoms with E-state index in [1.54, 1.807) is 18.2 Å². The van der Waals surface area contributed by atoms with Gasteiger partial charge in [0.15, 0.2) is 0 Å². The molecule has 0 spiro atoms. The summed E-state index contributed by atoms with van der Waals surface area (Å²) in [7, 11) is -3.40. The van der Waals surface area contributed by atoms with Crippen molar-refractivity contribution in [3.63, 3.8) is 0 Å². The minimum atomic E-state index is -3.40. The zero-order valence-electron chi connectivity index (χ0n) is 18.9. The molecule has 0 amide bonds. The molecule has 34 heavy (non-hydrogen) atoms. The number of hydrogen-bond donors (Lipinski definition) is 3. The summed E-state index contributed by atoms with van der Waals surface area (Å²) in [6, 6.07) is 16.9. The Kier molecular flexibility index (Phi) is 7.58. The number of aliphatic hydroxyl groups excluding tert-OH is 1. The lowest BCUT2D eigenvalue weighted by Gasteiger charge is -2.17. The van der Waals surface area contributed by atoms with Crippen molar-refractivity contribution in [2.75, 3.05) is 0 Å². The van der Waals surface area contributed by atoms with Crippen molar-refractivity contribution < 1.29 is 28.9 Å². The highest BCUT2D eigenvalue weighted by atomic mass is 31.1. The maximum Gasteiger partial charge on any atom is 0.540 e. The second kappa shape index (κ2) is 10.2. The van der Waals surface area contributed by atoms with Gasteiger partial charge in [-0.2, -0.15) is 4.89 Å². The first-order valence-electron chi connectivity index (χ1n) is 10.5. The van der Waals surface area contributed by atoms with E-state index in [0.29, 0.717) is 28.1 Å². The van der Waals surface area contributed by atoms with E-state index in [9.17, 15) is 28.9 Å². The van der Waals surface area contributed by atoms with Crippen molar-refractivity contribution in [1.29, 1.82) is 0 Å². The van der Waals surface area contributed by atoms with E-state index in [2.05, 4.69) is 11.8 Å². The molecule has 8 heteroatoms. The molecule has 2 aromatic carbocycles. The molecule has 3 atom stereocenters. The minimum absolute atomic E-state index is 0.152. The van der Waals surface area contributed by atoms with Crippen LogP contribution in [0, 0.1) is 17.7 Å². The van der Waals surface area contributed by atoms with Crippen LogP contribution in [0.2, 0.25) is 0 Å². The Morgan fingerprint density at radius 2 is 1.68 bits per heavy atom. The van der Waals surface area contributed by atoms with Gasteiger partial charge in [0.2, 0.25) is 0 Å². The highest BCUT2D eigenvalue weighted by molar-refractivity contribution is 7.42. The zero-order chi connectivity index (χ0) is 25.0. The predicted molar refractivity (Wildman–Crippen MR) is 128 cm³/mol. The summed E-state index contributed by atoms with van der Waals surface area (Å²) < 4.78 is 25.7. The highest BCUT2D eigenvalue weighted by Gasteiger charge is 2.60. The first-order valence-corrected chi connectivity index (χ1v) is 11.8. The van der Waals surface area contributed by atoms with Gasteiger partial charge >= 0.3 is 19.2 Å². The van der Waals surface area contributed by atoms with Crippen LogP contribution in [0.1, 0.15) is 37.9 Å². The van der Waals surface area contributed by atoms with Crippen LogP contribution < -0.4 is 0 Å². The number of hydrogen-bond acceptors (Lipinski definition) is 4. The van der Waals surface area contributed by atoms with Gasteiger partial charge in [-0.1, -0.05) is 62.2 Å². The number of aliphatic hydroxyl groups is 1. The van der Waals surface area contributed by atoms with E-state index < -0.39 is 31.1 Å². The molecule has 0 saturated heterocycles. The average molecular weight is 480 g/mol.